The van der Waals surface area contributed by atoms with Crippen molar-refractivity contribution in [1.29, 1.82) is 0 Å². The Labute approximate surface area is 117 Å². The molecule has 0 aromatic heterocycles. The van der Waals surface area contributed by atoms with Crippen molar-refractivity contribution in [3.63, 3.8) is 0 Å². The second-order valence-corrected chi connectivity index (χ2v) is 7.12. The molecule has 0 atom stereocenters. The summed E-state index contributed by atoms with van der Waals surface area (Å²) in [4.78, 5) is -0.675. The Hall–Kier alpha value is -1.05. The second kappa shape index (κ2) is 5.38. The predicted octanol–water partition coefficient (Wildman–Crippen LogP) is 2.03. The van der Waals surface area contributed by atoms with Crippen molar-refractivity contribution in [3.8, 4) is 0 Å². The van der Waals surface area contributed by atoms with E-state index >= 15 is 0 Å². The van der Waals surface area contributed by atoms with Gasteiger partial charge in [0.05, 0.1) is 0 Å². The van der Waals surface area contributed by atoms with Crippen LogP contribution in [0, 0.1) is 11.6 Å². The molecule has 1 aliphatic rings. The van der Waals surface area contributed by atoms with Crippen LogP contribution in [0.2, 0.25) is 0 Å². The third-order valence-electron chi connectivity index (χ3n) is 3.67. The molecule has 1 saturated carbocycles. The fourth-order valence-corrected chi connectivity index (χ4v) is 4.17. The van der Waals surface area contributed by atoms with Crippen molar-refractivity contribution in [2.24, 2.45) is 5.73 Å². The quantitative estimate of drug-likeness (QED) is 0.894. The van der Waals surface area contributed by atoms with Crippen molar-refractivity contribution in [1.82, 2.24) is 4.72 Å². The van der Waals surface area contributed by atoms with Crippen LogP contribution in [0.5, 0.6) is 0 Å². The van der Waals surface area contributed by atoms with Gasteiger partial charge in [-0.2, -0.15) is 0 Å². The normalized spacial score (nSPS) is 18.4. The fraction of sp³-hybridized carbons (Fsp3) is 0.538. The van der Waals surface area contributed by atoms with Crippen LogP contribution >= 0.6 is 0 Å². The highest BCUT2D eigenvalue weighted by atomic mass is 32.2. The molecule has 0 unspecified atom stereocenters. The van der Waals surface area contributed by atoms with E-state index in [2.05, 4.69) is 4.72 Å². The van der Waals surface area contributed by atoms with Crippen molar-refractivity contribution < 1.29 is 17.2 Å². The van der Waals surface area contributed by atoms with E-state index in [1.54, 1.807) is 6.92 Å². The minimum atomic E-state index is -4.11. The lowest BCUT2D eigenvalue weighted by molar-refractivity contribution is 0.423. The van der Waals surface area contributed by atoms with E-state index in [-0.39, 0.29) is 12.1 Å². The van der Waals surface area contributed by atoms with Crippen LogP contribution in [0.1, 0.15) is 38.2 Å². The highest BCUT2D eigenvalue weighted by molar-refractivity contribution is 7.89. The van der Waals surface area contributed by atoms with Gasteiger partial charge in [-0.3, -0.25) is 0 Å². The molecule has 0 saturated heterocycles. The lowest BCUT2D eigenvalue weighted by Crippen LogP contribution is -2.43. The highest BCUT2D eigenvalue weighted by Crippen LogP contribution is 2.31. The first-order valence-electron chi connectivity index (χ1n) is 6.49. The maximum atomic E-state index is 13.8. The van der Waals surface area contributed by atoms with Gasteiger partial charge in [0.15, 0.2) is 11.6 Å². The molecule has 0 amide bonds. The van der Waals surface area contributed by atoms with E-state index in [4.69, 9.17) is 5.73 Å². The van der Waals surface area contributed by atoms with Gasteiger partial charge in [-0.15, -0.1) is 0 Å². The average molecular weight is 304 g/mol. The van der Waals surface area contributed by atoms with Gasteiger partial charge in [0.25, 0.3) is 0 Å². The van der Waals surface area contributed by atoms with Crippen LogP contribution in [0.15, 0.2) is 17.0 Å². The van der Waals surface area contributed by atoms with Gasteiger partial charge in [-0.1, -0.05) is 12.8 Å². The van der Waals surface area contributed by atoms with Crippen molar-refractivity contribution in [2.45, 2.75) is 49.6 Å². The third kappa shape index (κ3) is 2.99. The van der Waals surface area contributed by atoms with Crippen LogP contribution < -0.4 is 10.5 Å². The summed E-state index contributed by atoms with van der Waals surface area (Å²) in [7, 11) is -4.11. The highest BCUT2D eigenvalue weighted by Gasteiger charge is 2.35. The third-order valence-corrected chi connectivity index (χ3v) is 5.31. The lowest BCUT2D eigenvalue weighted by Gasteiger charge is -2.25. The predicted molar refractivity (Wildman–Crippen MR) is 71.4 cm³/mol. The molecule has 0 radical (unpaired) electrons. The van der Waals surface area contributed by atoms with E-state index in [1.807, 2.05) is 0 Å². The summed E-state index contributed by atoms with van der Waals surface area (Å²) >= 11 is 0. The Morgan fingerprint density at radius 3 is 2.45 bits per heavy atom. The number of nitrogens with one attached hydrogen (secondary N) is 1. The Morgan fingerprint density at radius 1 is 1.30 bits per heavy atom. The number of hydrogen-bond donors (Lipinski definition) is 2. The molecule has 0 heterocycles. The monoisotopic (exact) mass is 304 g/mol. The summed E-state index contributed by atoms with van der Waals surface area (Å²) in [6.45, 7) is 1.72. The van der Waals surface area contributed by atoms with Gasteiger partial charge >= 0.3 is 0 Å². The number of sulfonamides is 1. The smallest absolute Gasteiger partial charge is 0.244 e. The van der Waals surface area contributed by atoms with Crippen LogP contribution in [0.25, 0.3) is 0 Å². The summed E-state index contributed by atoms with van der Waals surface area (Å²) in [6.07, 6.45) is 3.21. The lowest BCUT2D eigenvalue weighted by atomic mass is 10.0. The van der Waals surface area contributed by atoms with Gasteiger partial charge in [-0.05, 0) is 37.5 Å². The number of benzene rings is 1. The maximum absolute atomic E-state index is 13.8. The zero-order valence-corrected chi connectivity index (χ0v) is 12.1. The molecule has 1 aliphatic carbocycles. The molecule has 0 aliphatic heterocycles. The Kier molecular flexibility index (Phi) is 4.13. The van der Waals surface area contributed by atoms with Gasteiger partial charge in [0.2, 0.25) is 10.0 Å². The number of nitrogens with two attached hydrogens (primary N) is 1. The maximum Gasteiger partial charge on any atom is 0.244 e. The van der Waals surface area contributed by atoms with E-state index in [0.29, 0.717) is 12.8 Å². The van der Waals surface area contributed by atoms with Gasteiger partial charge in [-0.25, -0.2) is 21.9 Å². The van der Waals surface area contributed by atoms with E-state index in [0.717, 1.165) is 25.0 Å². The summed E-state index contributed by atoms with van der Waals surface area (Å²) < 4.78 is 54.3. The van der Waals surface area contributed by atoms with Crippen molar-refractivity contribution in [3.05, 3.63) is 29.3 Å². The van der Waals surface area contributed by atoms with Crippen LogP contribution in [0.4, 0.5) is 8.78 Å². The van der Waals surface area contributed by atoms with E-state index < -0.39 is 32.1 Å². The summed E-state index contributed by atoms with van der Waals surface area (Å²) in [5, 5.41) is 0. The summed E-state index contributed by atoms with van der Waals surface area (Å²) in [5.41, 5.74) is 5.01. The topological polar surface area (TPSA) is 72.2 Å². The first-order valence-corrected chi connectivity index (χ1v) is 7.98. The molecule has 20 heavy (non-hydrogen) atoms. The van der Waals surface area contributed by atoms with Crippen LogP contribution in [-0.4, -0.2) is 14.0 Å². The number of halogens is 2. The number of hydrogen-bond acceptors (Lipinski definition) is 3. The Bertz CT molecular complexity index is 611. The SMILES string of the molecule is CC1(NS(=O)(=O)c2cc(CN)cc(F)c2F)CCCC1. The molecule has 0 spiro atoms. The number of rotatable bonds is 4. The first kappa shape index (κ1) is 15.3. The summed E-state index contributed by atoms with van der Waals surface area (Å²) in [5.74, 6) is -2.57. The van der Waals surface area contributed by atoms with E-state index in [9.17, 15) is 17.2 Å². The van der Waals surface area contributed by atoms with Crippen LogP contribution in [0.3, 0.4) is 0 Å². The molecule has 0 bridgehead atoms. The molecule has 1 aromatic carbocycles. The standard InChI is InChI=1S/C13H18F2N2O2S/c1-13(4-2-3-5-13)17-20(18,19)11-7-9(8-16)6-10(14)12(11)15/h6-7,17H,2-5,8,16H2,1H3. The van der Waals surface area contributed by atoms with Gasteiger partial charge in [0.1, 0.15) is 4.90 Å². The molecule has 112 valence electrons. The minimum absolute atomic E-state index is 0.0585. The molecule has 2 rings (SSSR count). The molecule has 1 fully saturated rings. The van der Waals surface area contributed by atoms with Gasteiger partial charge < -0.3 is 5.73 Å². The van der Waals surface area contributed by atoms with Crippen LogP contribution in [-0.2, 0) is 16.6 Å². The second-order valence-electron chi connectivity index (χ2n) is 5.47. The molecule has 1 aromatic rings. The fourth-order valence-electron chi connectivity index (χ4n) is 2.57. The Morgan fingerprint density at radius 2 is 1.90 bits per heavy atom. The molecule has 3 N–H and O–H groups in total. The average Bonchev–Trinajstić information content (AvgIpc) is 2.77. The molecule has 4 nitrogen and oxygen atoms in total. The molecular formula is C13H18F2N2O2S. The first-order chi connectivity index (χ1) is 9.27. The molecule has 7 heteroatoms. The summed E-state index contributed by atoms with van der Waals surface area (Å²) in [6, 6.07) is 1.99. The largest absolute Gasteiger partial charge is 0.326 e. The zero-order chi connectivity index (χ0) is 15.0. The minimum Gasteiger partial charge on any atom is -0.326 e. The zero-order valence-electron chi connectivity index (χ0n) is 11.2. The molecular weight excluding hydrogens is 286 g/mol. The van der Waals surface area contributed by atoms with Gasteiger partial charge in [0, 0.05) is 12.1 Å². The van der Waals surface area contributed by atoms with Crippen molar-refractivity contribution >= 4 is 10.0 Å². The van der Waals surface area contributed by atoms with E-state index in [1.165, 1.54) is 0 Å². The Balaban J connectivity index is 2.41. The van der Waals surface area contributed by atoms with Crippen molar-refractivity contribution in [2.75, 3.05) is 0 Å².